The summed E-state index contributed by atoms with van der Waals surface area (Å²) in [5, 5.41) is 0.520. The molecule has 2 heterocycles. The van der Waals surface area contributed by atoms with Gasteiger partial charge >= 0.3 is 0 Å². The molecule has 0 amide bonds. The van der Waals surface area contributed by atoms with Crippen molar-refractivity contribution in [3.63, 3.8) is 0 Å². The number of aromatic nitrogens is 2. The molecule has 0 bridgehead atoms. The van der Waals surface area contributed by atoms with Crippen molar-refractivity contribution in [3.8, 4) is 11.5 Å². The Kier molecular flexibility index (Phi) is 3.10. The van der Waals surface area contributed by atoms with Gasteiger partial charge in [0, 0.05) is 17.6 Å². The number of H-pyrrole nitrogens is 1. The molecule has 0 aliphatic carbocycles. The Bertz CT molecular complexity index is 626. The minimum absolute atomic E-state index is 0.166. The Morgan fingerprint density at radius 2 is 1.89 bits per heavy atom. The van der Waals surface area contributed by atoms with E-state index in [9.17, 15) is 4.79 Å². The molecule has 5 nitrogen and oxygen atoms in total. The van der Waals surface area contributed by atoms with E-state index in [1.807, 2.05) is 0 Å². The summed E-state index contributed by atoms with van der Waals surface area (Å²) in [5.41, 5.74) is 0.452. The standard InChI is InChI=1S/C12H12N2O3S/c15-12-8-5-10-11(6-9(8)13-7-14-12)17-2-4-18-3-1-16-10/h5-7H,1-4H2,(H,13,14,15). The van der Waals surface area contributed by atoms with E-state index in [-0.39, 0.29) is 5.56 Å². The van der Waals surface area contributed by atoms with Crippen molar-refractivity contribution in [2.75, 3.05) is 24.7 Å². The first-order valence-corrected chi connectivity index (χ1v) is 6.85. The lowest BCUT2D eigenvalue weighted by molar-refractivity contribution is 0.296. The topological polar surface area (TPSA) is 64.2 Å². The fourth-order valence-corrected chi connectivity index (χ4v) is 2.43. The predicted octanol–water partition coefficient (Wildman–Crippen LogP) is 1.43. The average molecular weight is 264 g/mol. The van der Waals surface area contributed by atoms with Crippen LogP contribution in [0.15, 0.2) is 23.3 Å². The van der Waals surface area contributed by atoms with Gasteiger partial charge in [0.15, 0.2) is 11.5 Å². The maximum Gasteiger partial charge on any atom is 0.258 e. The van der Waals surface area contributed by atoms with E-state index < -0.39 is 0 Å². The van der Waals surface area contributed by atoms with Gasteiger partial charge in [-0.05, 0) is 6.07 Å². The van der Waals surface area contributed by atoms with Crippen LogP contribution < -0.4 is 15.0 Å². The van der Waals surface area contributed by atoms with E-state index in [1.54, 1.807) is 23.9 Å². The van der Waals surface area contributed by atoms with Gasteiger partial charge in [-0.3, -0.25) is 4.79 Å². The maximum absolute atomic E-state index is 11.7. The van der Waals surface area contributed by atoms with Crippen LogP contribution in [0, 0.1) is 0 Å². The van der Waals surface area contributed by atoms with E-state index in [0.29, 0.717) is 35.6 Å². The lowest BCUT2D eigenvalue weighted by atomic mass is 10.2. The summed E-state index contributed by atoms with van der Waals surface area (Å²) in [4.78, 5) is 18.4. The Morgan fingerprint density at radius 1 is 1.17 bits per heavy atom. The van der Waals surface area contributed by atoms with Crippen LogP contribution in [0.4, 0.5) is 0 Å². The number of rotatable bonds is 0. The summed E-state index contributed by atoms with van der Waals surface area (Å²) in [6.07, 6.45) is 1.39. The smallest absolute Gasteiger partial charge is 0.258 e. The van der Waals surface area contributed by atoms with Crippen LogP contribution in [0.2, 0.25) is 0 Å². The Hall–Kier alpha value is -1.69. The molecule has 0 radical (unpaired) electrons. The molecule has 1 aromatic heterocycles. The highest BCUT2D eigenvalue weighted by Crippen LogP contribution is 2.31. The Balaban J connectivity index is 2.13. The number of fused-ring (bicyclic) bond motifs is 2. The largest absolute Gasteiger partial charge is 0.489 e. The van der Waals surface area contributed by atoms with Gasteiger partial charge in [-0.2, -0.15) is 11.8 Å². The third-order valence-electron chi connectivity index (χ3n) is 2.68. The average Bonchev–Trinajstić information content (AvgIpc) is 2.49. The van der Waals surface area contributed by atoms with Gasteiger partial charge in [-0.25, -0.2) is 4.98 Å². The number of hydrogen-bond acceptors (Lipinski definition) is 5. The van der Waals surface area contributed by atoms with E-state index in [0.717, 1.165) is 11.5 Å². The first kappa shape index (κ1) is 11.4. The highest BCUT2D eigenvalue weighted by Gasteiger charge is 2.12. The summed E-state index contributed by atoms with van der Waals surface area (Å²) >= 11 is 1.79. The normalized spacial score (nSPS) is 15.8. The number of nitrogens with zero attached hydrogens (tertiary/aromatic N) is 1. The predicted molar refractivity (Wildman–Crippen MR) is 70.7 cm³/mol. The van der Waals surface area contributed by atoms with Gasteiger partial charge < -0.3 is 14.5 Å². The van der Waals surface area contributed by atoms with Crippen molar-refractivity contribution < 1.29 is 9.47 Å². The number of benzene rings is 1. The molecule has 1 aromatic carbocycles. The first-order chi connectivity index (χ1) is 8.84. The minimum atomic E-state index is -0.166. The molecular formula is C12H12N2O3S. The molecule has 1 aliphatic heterocycles. The van der Waals surface area contributed by atoms with E-state index in [1.165, 1.54) is 6.33 Å². The first-order valence-electron chi connectivity index (χ1n) is 5.69. The Labute approximate surface area is 108 Å². The molecule has 3 rings (SSSR count). The number of aromatic amines is 1. The van der Waals surface area contributed by atoms with Crippen LogP contribution >= 0.6 is 11.8 Å². The molecule has 0 atom stereocenters. The highest BCUT2D eigenvalue weighted by molar-refractivity contribution is 7.99. The molecule has 0 fully saturated rings. The molecule has 1 aliphatic rings. The summed E-state index contributed by atoms with van der Waals surface area (Å²) in [7, 11) is 0. The maximum atomic E-state index is 11.7. The summed E-state index contributed by atoms with van der Waals surface area (Å²) in [5.74, 6) is 3.13. The van der Waals surface area contributed by atoms with Crippen molar-refractivity contribution in [1.29, 1.82) is 0 Å². The number of hydrogen-bond donors (Lipinski definition) is 1. The molecule has 0 saturated carbocycles. The lowest BCUT2D eigenvalue weighted by Gasteiger charge is -2.10. The zero-order valence-corrected chi connectivity index (χ0v) is 10.5. The minimum Gasteiger partial charge on any atom is -0.489 e. The number of ether oxygens (including phenoxy) is 2. The zero-order valence-electron chi connectivity index (χ0n) is 9.64. The van der Waals surface area contributed by atoms with Crippen molar-refractivity contribution in [2.24, 2.45) is 0 Å². The summed E-state index contributed by atoms with van der Waals surface area (Å²) in [6, 6.07) is 3.46. The van der Waals surface area contributed by atoms with Crippen molar-refractivity contribution in [2.45, 2.75) is 0 Å². The van der Waals surface area contributed by atoms with Crippen LogP contribution in [-0.2, 0) is 0 Å². The molecule has 0 saturated heterocycles. The van der Waals surface area contributed by atoms with Crippen LogP contribution in [0.3, 0.4) is 0 Å². The molecule has 18 heavy (non-hydrogen) atoms. The molecule has 0 spiro atoms. The molecule has 6 heteroatoms. The fraction of sp³-hybridized carbons (Fsp3) is 0.333. The van der Waals surface area contributed by atoms with Gasteiger partial charge in [-0.15, -0.1) is 0 Å². The van der Waals surface area contributed by atoms with Gasteiger partial charge in [0.25, 0.3) is 5.56 Å². The van der Waals surface area contributed by atoms with Crippen LogP contribution in [0.1, 0.15) is 0 Å². The molecule has 2 aromatic rings. The molecule has 1 N–H and O–H groups in total. The fourth-order valence-electron chi connectivity index (χ4n) is 1.82. The Morgan fingerprint density at radius 3 is 2.67 bits per heavy atom. The van der Waals surface area contributed by atoms with Crippen molar-refractivity contribution in [1.82, 2.24) is 9.97 Å². The molecular weight excluding hydrogens is 252 g/mol. The van der Waals surface area contributed by atoms with Gasteiger partial charge in [-0.1, -0.05) is 0 Å². The van der Waals surface area contributed by atoms with Gasteiger partial charge in [0.05, 0.1) is 30.4 Å². The van der Waals surface area contributed by atoms with Crippen molar-refractivity contribution in [3.05, 3.63) is 28.8 Å². The van der Waals surface area contributed by atoms with Crippen molar-refractivity contribution >= 4 is 22.7 Å². The lowest BCUT2D eigenvalue weighted by Crippen LogP contribution is -2.08. The monoisotopic (exact) mass is 264 g/mol. The highest BCUT2D eigenvalue weighted by atomic mass is 32.2. The zero-order chi connectivity index (χ0) is 12.4. The summed E-state index contributed by atoms with van der Waals surface area (Å²) < 4.78 is 11.3. The second-order valence-corrected chi connectivity index (χ2v) is 5.08. The quantitative estimate of drug-likeness (QED) is 0.779. The second-order valence-electron chi connectivity index (χ2n) is 3.86. The molecule has 94 valence electrons. The third kappa shape index (κ3) is 2.15. The number of nitrogens with one attached hydrogen (secondary N) is 1. The number of thioether (sulfide) groups is 1. The van der Waals surface area contributed by atoms with Gasteiger partial charge in [0.1, 0.15) is 0 Å². The van der Waals surface area contributed by atoms with E-state index in [2.05, 4.69) is 9.97 Å². The van der Waals surface area contributed by atoms with Gasteiger partial charge in [0.2, 0.25) is 0 Å². The molecule has 0 unspecified atom stereocenters. The van der Waals surface area contributed by atoms with Crippen LogP contribution in [0.5, 0.6) is 11.5 Å². The third-order valence-corrected chi connectivity index (χ3v) is 3.59. The van der Waals surface area contributed by atoms with Crippen LogP contribution in [0.25, 0.3) is 10.9 Å². The second kappa shape index (κ2) is 4.89. The van der Waals surface area contributed by atoms with Crippen LogP contribution in [-0.4, -0.2) is 34.7 Å². The summed E-state index contributed by atoms with van der Waals surface area (Å²) in [6.45, 7) is 1.25. The van der Waals surface area contributed by atoms with E-state index in [4.69, 9.17) is 9.47 Å². The SMILES string of the molecule is O=c1[nH]cnc2cc3c(cc12)OCCSCCO3. The van der Waals surface area contributed by atoms with E-state index >= 15 is 0 Å².